The van der Waals surface area contributed by atoms with Crippen molar-refractivity contribution in [3.63, 3.8) is 0 Å². The molecule has 0 radical (unpaired) electrons. The Balaban J connectivity index is 0.000000636. The van der Waals surface area contributed by atoms with Gasteiger partial charge in [0.05, 0.1) is 6.04 Å². The van der Waals surface area contributed by atoms with Gasteiger partial charge in [0.25, 0.3) is 0 Å². The van der Waals surface area contributed by atoms with Gasteiger partial charge in [-0.15, -0.1) is 0 Å². The maximum Gasteiger partial charge on any atom is 0.224 e. The van der Waals surface area contributed by atoms with Gasteiger partial charge >= 0.3 is 0 Å². The molecular weight excluding hydrogens is 268 g/mol. The van der Waals surface area contributed by atoms with E-state index in [0.29, 0.717) is 12.0 Å². The normalized spacial score (nSPS) is 23.0. The molecule has 7 nitrogen and oxygen atoms in total. The Bertz CT molecular complexity index is 485. The van der Waals surface area contributed by atoms with Crippen LogP contribution in [0, 0.1) is 0 Å². The lowest BCUT2D eigenvalue weighted by atomic mass is 10.2. The first-order valence-corrected chi connectivity index (χ1v) is 7.72. The van der Waals surface area contributed by atoms with Gasteiger partial charge in [-0.25, -0.2) is 0 Å². The highest BCUT2D eigenvalue weighted by Gasteiger charge is 2.36. The molecule has 0 saturated carbocycles. The van der Waals surface area contributed by atoms with E-state index in [1.165, 1.54) is 32.7 Å². The maximum absolute atomic E-state index is 5.97. The predicted octanol–water partition coefficient (Wildman–Crippen LogP) is 0.595. The molecule has 0 spiro atoms. The lowest BCUT2D eigenvalue weighted by Crippen LogP contribution is -2.39. The Hall–Kier alpha value is -1.76. The standard InChI is InChI=1S/C13H19N5O.CH5N/c14-13-15-11(17-5-1-2-6-17)10-12(16-13)18-7-3-4-9(18)8-19-10;1-2/h9H,1-8H2,(H2,14,15,16);2H2,1H3. The number of rotatable bonds is 1. The molecule has 1 aromatic heterocycles. The van der Waals surface area contributed by atoms with Crippen LogP contribution in [0.4, 0.5) is 17.6 Å². The number of nitrogen functional groups attached to an aromatic ring is 1. The van der Waals surface area contributed by atoms with E-state index in [-0.39, 0.29) is 0 Å². The molecule has 1 atom stereocenters. The zero-order valence-corrected chi connectivity index (χ0v) is 12.6. The SMILES string of the molecule is CN.Nc1nc(N2CCCC2)c2c(n1)N1CCCC1CO2. The van der Waals surface area contributed by atoms with Gasteiger partial charge in [-0.2, -0.15) is 9.97 Å². The van der Waals surface area contributed by atoms with Crippen molar-refractivity contribution < 1.29 is 4.74 Å². The van der Waals surface area contributed by atoms with Crippen LogP contribution in [0.3, 0.4) is 0 Å². The summed E-state index contributed by atoms with van der Waals surface area (Å²) in [5.74, 6) is 3.00. The first-order valence-electron chi connectivity index (χ1n) is 7.72. The molecule has 2 fully saturated rings. The highest BCUT2D eigenvalue weighted by molar-refractivity contribution is 5.70. The van der Waals surface area contributed by atoms with Crippen molar-refractivity contribution in [2.24, 2.45) is 5.73 Å². The number of ether oxygens (including phenoxy) is 1. The number of hydrogen-bond acceptors (Lipinski definition) is 7. The number of nitrogens with zero attached hydrogens (tertiary/aromatic N) is 4. The molecule has 0 amide bonds. The van der Waals surface area contributed by atoms with Gasteiger partial charge in [0, 0.05) is 19.6 Å². The van der Waals surface area contributed by atoms with Crippen molar-refractivity contribution in [2.75, 3.05) is 48.8 Å². The number of anilines is 3. The predicted molar refractivity (Wildman–Crippen MR) is 83.9 cm³/mol. The van der Waals surface area contributed by atoms with Crippen LogP contribution in [-0.2, 0) is 0 Å². The highest BCUT2D eigenvalue weighted by Crippen LogP contribution is 2.42. The van der Waals surface area contributed by atoms with E-state index in [4.69, 9.17) is 10.5 Å². The molecule has 0 bridgehead atoms. The molecule has 3 aliphatic heterocycles. The van der Waals surface area contributed by atoms with Crippen LogP contribution in [0.1, 0.15) is 25.7 Å². The Morgan fingerprint density at radius 3 is 2.52 bits per heavy atom. The van der Waals surface area contributed by atoms with Gasteiger partial charge in [-0.1, -0.05) is 0 Å². The third kappa shape index (κ3) is 2.46. The minimum atomic E-state index is 0.358. The first-order chi connectivity index (χ1) is 10.3. The smallest absolute Gasteiger partial charge is 0.224 e. The number of fused-ring (bicyclic) bond motifs is 3. The van der Waals surface area contributed by atoms with Crippen LogP contribution < -0.4 is 26.0 Å². The van der Waals surface area contributed by atoms with Crippen molar-refractivity contribution in [1.82, 2.24) is 9.97 Å². The molecule has 4 rings (SSSR count). The summed E-state index contributed by atoms with van der Waals surface area (Å²) in [6.45, 7) is 3.88. The van der Waals surface area contributed by atoms with Crippen LogP contribution in [0.5, 0.6) is 5.75 Å². The molecule has 0 aromatic carbocycles. The molecule has 3 aliphatic rings. The summed E-state index contributed by atoms with van der Waals surface area (Å²) >= 11 is 0. The first kappa shape index (κ1) is 14.2. The zero-order valence-electron chi connectivity index (χ0n) is 12.6. The molecule has 0 aliphatic carbocycles. The second-order valence-electron chi connectivity index (χ2n) is 5.55. The van der Waals surface area contributed by atoms with E-state index in [2.05, 4.69) is 25.5 Å². The maximum atomic E-state index is 5.97. The van der Waals surface area contributed by atoms with E-state index in [0.717, 1.165) is 43.6 Å². The molecule has 7 heteroatoms. The lowest BCUT2D eigenvalue weighted by molar-refractivity contribution is 0.269. The topological polar surface area (TPSA) is 93.5 Å². The fraction of sp³-hybridized carbons (Fsp3) is 0.714. The van der Waals surface area contributed by atoms with Crippen molar-refractivity contribution in [3.05, 3.63) is 0 Å². The average molecular weight is 292 g/mol. The van der Waals surface area contributed by atoms with E-state index in [1.54, 1.807) is 0 Å². The summed E-state index contributed by atoms with van der Waals surface area (Å²) in [7, 11) is 1.50. The Labute approximate surface area is 125 Å². The fourth-order valence-electron chi connectivity index (χ4n) is 3.38. The monoisotopic (exact) mass is 292 g/mol. The van der Waals surface area contributed by atoms with Gasteiger partial charge in [-0.05, 0) is 32.7 Å². The third-order valence-electron chi connectivity index (χ3n) is 4.32. The third-order valence-corrected chi connectivity index (χ3v) is 4.32. The average Bonchev–Trinajstić information content (AvgIpc) is 3.20. The molecule has 116 valence electrons. The van der Waals surface area contributed by atoms with Crippen LogP contribution in [0.2, 0.25) is 0 Å². The van der Waals surface area contributed by atoms with Crippen molar-refractivity contribution >= 4 is 17.6 Å². The van der Waals surface area contributed by atoms with Crippen LogP contribution in [0.25, 0.3) is 0 Å². The zero-order chi connectivity index (χ0) is 14.8. The van der Waals surface area contributed by atoms with Crippen molar-refractivity contribution in [1.29, 1.82) is 0 Å². The van der Waals surface area contributed by atoms with Gasteiger partial charge in [0.15, 0.2) is 11.6 Å². The molecule has 21 heavy (non-hydrogen) atoms. The lowest BCUT2D eigenvalue weighted by Gasteiger charge is -2.34. The van der Waals surface area contributed by atoms with Gasteiger partial charge in [0.1, 0.15) is 6.61 Å². The van der Waals surface area contributed by atoms with E-state index in [9.17, 15) is 0 Å². The fourth-order valence-corrected chi connectivity index (χ4v) is 3.38. The largest absolute Gasteiger partial charge is 0.484 e. The van der Waals surface area contributed by atoms with Crippen LogP contribution in [-0.4, -0.2) is 49.3 Å². The molecule has 1 unspecified atom stereocenters. The molecular formula is C14H24N6O. The number of hydrogen-bond donors (Lipinski definition) is 2. The summed E-state index contributed by atoms with van der Waals surface area (Å²) in [6.07, 6.45) is 4.81. The number of nitrogens with two attached hydrogens (primary N) is 2. The van der Waals surface area contributed by atoms with Crippen molar-refractivity contribution in [2.45, 2.75) is 31.7 Å². The summed E-state index contributed by atoms with van der Waals surface area (Å²) in [4.78, 5) is 13.5. The van der Waals surface area contributed by atoms with Crippen LogP contribution in [0.15, 0.2) is 0 Å². The molecule has 1 aromatic rings. The minimum Gasteiger partial charge on any atom is -0.484 e. The summed E-state index contributed by atoms with van der Waals surface area (Å²) in [5, 5.41) is 0. The van der Waals surface area contributed by atoms with Crippen molar-refractivity contribution in [3.8, 4) is 5.75 Å². The number of aromatic nitrogens is 2. The van der Waals surface area contributed by atoms with E-state index >= 15 is 0 Å². The Morgan fingerprint density at radius 2 is 1.76 bits per heavy atom. The minimum absolute atomic E-state index is 0.358. The summed E-state index contributed by atoms with van der Waals surface area (Å²) in [5.41, 5.74) is 10.4. The molecule has 2 saturated heterocycles. The Morgan fingerprint density at radius 1 is 1.05 bits per heavy atom. The van der Waals surface area contributed by atoms with Gasteiger partial charge < -0.3 is 26.0 Å². The van der Waals surface area contributed by atoms with E-state index in [1.807, 2.05) is 0 Å². The molecule has 4 heterocycles. The van der Waals surface area contributed by atoms with Crippen LogP contribution >= 0.6 is 0 Å². The Kier molecular flexibility index (Phi) is 4.01. The summed E-state index contributed by atoms with van der Waals surface area (Å²) in [6, 6.07) is 0.466. The van der Waals surface area contributed by atoms with E-state index < -0.39 is 0 Å². The second-order valence-corrected chi connectivity index (χ2v) is 5.55. The second kappa shape index (κ2) is 5.93. The molecule has 4 N–H and O–H groups in total. The summed E-state index contributed by atoms with van der Waals surface area (Å²) < 4.78 is 5.97. The quantitative estimate of drug-likeness (QED) is 0.782. The highest BCUT2D eigenvalue weighted by atomic mass is 16.5. The van der Waals surface area contributed by atoms with Gasteiger partial charge in [-0.3, -0.25) is 0 Å². The van der Waals surface area contributed by atoms with Gasteiger partial charge in [0.2, 0.25) is 11.7 Å².